The molecule has 0 atom stereocenters. The van der Waals surface area contributed by atoms with Crippen molar-refractivity contribution in [3.63, 3.8) is 0 Å². The van der Waals surface area contributed by atoms with E-state index in [0.29, 0.717) is 38.4 Å². The van der Waals surface area contributed by atoms with Crippen molar-refractivity contribution in [3.8, 4) is 11.4 Å². The van der Waals surface area contributed by atoms with Gasteiger partial charge in [0.15, 0.2) is 0 Å². The summed E-state index contributed by atoms with van der Waals surface area (Å²) in [5.74, 6) is 0.672. The molecule has 0 bridgehead atoms. The number of pyridine rings is 3. The Bertz CT molecular complexity index is 1750. The normalized spacial score (nSPS) is 16.0. The van der Waals surface area contributed by atoms with Crippen molar-refractivity contribution in [2.75, 3.05) is 44.0 Å². The van der Waals surface area contributed by atoms with E-state index in [-0.39, 0.29) is 18.5 Å². The average molecular weight is 627 g/mol. The van der Waals surface area contributed by atoms with Crippen molar-refractivity contribution in [1.82, 2.24) is 25.2 Å². The molecule has 5 heterocycles. The fourth-order valence-corrected chi connectivity index (χ4v) is 6.33. The maximum atomic E-state index is 13.0. The predicted octanol–water partition coefficient (Wildman–Crippen LogP) is 5.48. The average Bonchev–Trinajstić information content (AvgIpc) is 3.01. The molecule has 45 heavy (non-hydrogen) atoms. The molecule has 4 aromatic rings. The van der Waals surface area contributed by atoms with Crippen molar-refractivity contribution in [3.05, 3.63) is 77.6 Å². The SMILES string of the molecule is CSc1cc(C(=O)NCc2cc3nc(-c4cccc(N5CC6(COCCN6C(=O)OC(C)(C)C)C5)n4)ccc3cn2)ccc1C. The number of rotatable bonds is 6. The van der Waals surface area contributed by atoms with Crippen LogP contribution in [0.4, 0.5) is 10.6 Å². The van der Waals surface area contributed by atoms with Crippen LogP contribution in [0.15, 0.2) is 65.7 Å². The smallest absolute Gasteiger partial charge is 0.411 e. The number of nitrogens with one attached hydrogen (secondary N) is 1. The largest absolute Gasteiger partial charge is 0.444 e. The maximum Gasteiger partial charge on any atom is 0.411 e. The monoisotopic (exact) mass is 626 g/mol. The molecule has 1 spiro atoms. The Hall–Kier alpha value is -4.22. The number of benzene rings is 1. The van der Waals surface area contributed by atoms with E-state index >= 15 is 0 Å². The first-order chi connectivity index (χ1) is 21.5. The number of morpholine rings is 1. The van der Waals surface area contributed by atoms with Crippen LogP contribution in [0.3, 0.4) is 0 Å². The van der Waals surface area contributed by atoms with Crippen LogP contribution < -0.4 is 10.2 Å². The molecule has 6 rings (SSSR count). The van der Waals surface area contributed by atoms with Gasteiger partial charge in [0.2, 0.25) is 0 Å². The van der Waals surface area contributed by atoms with Gasteiger partial charge in [-0.25, -0.2) is 14.8 Å². The third-order valence-corrected chi connectivity index (χ3v) is 8.92. The highest BCUT2D eigenvalue weighted by Crippen LogP contribution is 2.35. The highest BCUT2D eigenvalue weighted by Gasteiger charge is 2.53. The van der Waals surface area contributed by atoms with E-state index in [4.69, 9.17) is 19.4 Å². The van der Waals surface area contributed by atoms with E-state index in [0.717, 1.165) is 44.3 Å². The van der Waals surface area contributed by atoms with Gasteiger partial charge >= 0.3 is 6.09 Å². The zero-order chi connectivity index (χ0) is 31.8. The first kappa shape index (κ1) is 30.8. The van der Waals surface area contributed by atoms with Crippen LogP contribution in [-0.2, 0) is 16.0 Å². The molecule has 0 unspecified atom stereocenters. The molecule has 2 amide bonds. The van der Waals surface area contributed by atoms with Crippen molar-refractivity contribution in [2.45, 2.75) is 50.3 Å². The molecule has 10 nitrogen and oxygen atoms in total. The minimum atomic E-state index is -0.562. The number of aryl methyl sites for hydroxylation is 1. The van der Waals surface area contributed by atoms with Gasteiger partial charge in [0.1, 0.15) is 17.0 Å². The summed E-state index contributed by atoms with van der Waals surface area (Å²) in [5, 5.41) is 3.88. The van der Waals surface area contributed by atoms with E-state index in [1.165, 1.54) is 0 Å². The lowest BCUT2D eigenvalue weighted by Gasteiger charge is -2.57. The molecular formula is C34H38N6O4S. The van der Waals surface area contributed by atoms with Crippen LogP contribution in [0.1, 0.15) is 42.4 Å². The fraction of sp³-hybridized carbons (Fsp3) is 0.382. The van der Waals surface area contributed by atoms with Gasteiger partial charge in [-0.3, -0.25) is 14.7 Å². The number of amides is 2. The minimum absolute atomic E-state index is 0.142. The standard InChI is InChI=1S/C34H38N6O4S/c1-22-9-10-23(15-29(22)45-5)31(41)36-18-25-16-28-24(17-35-25)11-12-27(37-28)26-7-6-8-30(38-26)39-19-34(20-39)21-43-14-13-40(34)32(42)44-33(2,3)4/h6-12,15-17H,13-14,18-21H2,1-5H3,(H,36,41). The zero-order valence-electron chi connectivity index (χ0n) is 26.3. The summed E-state index contributed by atoms with van der Waals surface area (Å²) >= 11 is 1.62. The van der Waals surface area contributed by atoms with Gasteiger partial charge in [-0.05, 0) is 82.0 Å². The molecule has 0 saturated carbocycles. The van der Waals surface area contributed by atoms with Gasteiger partial charge < -0.3 is 19.7 Å². The lowest BCUT2D eigenvalue weighted by Crippen LogP contribution is -2.76. The van der Waals surface area contributed by atoms with Crippen LogP contribution in [0.5, 0.6) is 0 Å². The van der Waals surface area contributed by atoms with E-state index in [1.807, 2.05) is 93.4 Å². The Kier molecular flexibility index (Phi) is 8.41. The van der Waals surface area contributed by atoms with Gasteiger partial charge in [0.05, 0.1) is 42.4 Å². The van der Waals surface area contributed by atoms with E-state index < -0.39 is 11.1 Å². The molecule has 2 aliphatic rings. The number of ether oxygens (including phenoxy) is 2. The Morgan fingerprint density at radius 3 is 2.64 bits per heavy atom. The molecule has 1 N–H and O–H groups in total. The number of fused-ring (bicyclic) bond motifs is 1. The first-order valence-corrected chi connectivity index (χ1v) is 16.3. The number of thioether (sulfide) groups is 1. The zero-order valence-corrected chi connectivity index (χ0v) is 27.1. The highest BCUT2D eigenvalue weighted by molar-refractivity contribution is 7.98. The molecule has 2 aliphatic heterocycles. The molecule has 0 aliphatic carbocycles. The maximum absolute atomic E-state index is 13.0. The van der Waals surface area contributed by atoms with Gasteiger partial charge in [-0.2, -0.15) is 0 Å². The Morgan fingerprint density at radius 2 is 1.87 bits per heavy atom. The number of carbonyl (C=O) groups is 2. The number of hydrogen-bond donors (Lipinski definition) is 1. The minimum Gasteiger partial charge on any atom is -0.444 e. The number of aromatic nitrogens is 3. The summed E-state index contributed by atoms with van der Waals surface area (Å²) in [6, 6.07) is 17.4. The van der Waals surface area contributed by atoms with Crippen molar-refractivity contribution in [1.29, 1.82) is 0 Å². The van der Waals surface area contributed by atoms with Gasteiger partial charge in [-0.1, -0.05) is 12.1 Å². The predicted molar refractivity (Wildman–Crippen MR) is 176 cm³/mol. The van der Waals surface area contributed by atoms with Crippen molar-refractivity contribution in [2.24, 2.45) is 0 Å². The lowest BCUT2D eigenvalue weighted by molar-refractivity contribution is -0.0853. The molecule has 3 aromatic heterocycles. The van der Waals surface area contributed by atoms with Crippen molar-refractivity contribution < 1.29 is 19.1 Å². The first-order valence-electron chi connectivity index (χ1n) is 15.0. The number of nitrogens with zero attached hydrogens (tertiary/aromatic N) is 5. The second-order valence-electron chi connectivity index (χ2n) is 12.6. The topological polar surface area (TPSA) is 110 Å². The number of anilines is 1. The number of hydrogen-bond acceptors (Lipinski definition) is 9. The lowest BCUT2D eigenvalue weighted by atomic mass is 9.87. The van der Waals surface area contributed by atoms with Gasteiger partial charge in [0, 0.05) is 41.7 Å². The molecule has 234 valence electrons. The molecular weight excluding hydrogens is 588 g/mol. The Morgan fingerprint density at radius 1 is 1.07 bits per heavy atom. The molecule has 11 heteroatoms. The van der Waals surface area contributed by atoms with Crippen molar-refractivity contribution >= 4 is 40.5 Å². The molecule has 1 aromatic carbocycles. The Labute approximate surface area is 267 Å². The Balaban J connectivity index is 1.15. The highest BCUT2D eigenvalue weighted by atomic mass is 32.2. The summed E-state index contributed by atoms with van der Waals surface area (Å²) in [7, 11) is 0. The third-order valence-electron chi connectivity index (χ3n) is 8.04. The van der Waals surface area contributed by atoms with Crippen LogP contribution in [0.2, 0.25) is 0 Å². The third kappa shape index (κ3) is 6.60. The van der Waals surface area contributed by atoms with Gasteiger partial charge in [0.25, 0.3) is 5.91 Å². The summed E-state index contributed by atoms with van der Waals surface area (Å²) in [6.45, 7) is 10.6. The van der Waals surface area contributed by atoms with Crippen LogP contribution in [0.25, 0.3) is 22.3 Å². The summed E-state index contributed by atoms with van der Waals surface area (Å²) in [5.41, 5.74) is 3.75. The second kappa shape index (κ2) is 12.3. The summed E-state index contributed by atoms with van der Waals surface area (Å²) < 4.78 is 11.5. The van der Waals surface area contributed by atoms with Crippen LogP contribution in [0, 0.1) is 6.92 Å². The second-order valence-corrected chi connectivity index (χ2v) is 13.4. The number of carbonyl (C=O) groups excluding carboxylic acids is 2. The summed E-state index contributed by atoms with van der Waals surface area (Å²) in [4.78, 5) is 45.2. The fourth-order valence-electron chi connectivity index (χ4n) is 5.70. The quantitative estimate of drug-likeness (QED) is 0.278. The molecule has 2 fully saturated rings. The van der Waals surface area contributed by atoms with Crippen LogP contribution >= 0.6 is 11.8 Å². The molecule has 2 saturated heterocycles. The molecule has 0 radical (unpaired) electrons. The van der Waals surface area contributed by atoms with E-state index in [2.05, 4.69) is 15.2 Å². The van der Waals surface area contributed by atoms with Crippen LogP contribution in [-0.4, -0.2) is 82.1 Å². The van der Waals surface area contributed by atoms with E-state index in [9.17, 15) is 9.59 Å². The summed E-state index contributed by atoms with van der Waals surface area (Å²) in [6.07, 6.45) is 3.47. The van der Waals surface area contributed by atoms with E-state index in [1.54, 1.807) is 18.0 Å². The van der Waals surface area contributed by atoms with Gasteiger partial charge in [-0.15, -0.1) is 11.8 Å².